The molecule has 0 bridgehead atoms. The van der Waals surface area contributed by atoms with E-state index in [0.29, 0.717) is 11.7 Å². The van der Waals surface area contributed by atoms with Crippen molar-refractivity contribution in [1.82, 2.24) is 4.57 Å². The number of para-hydroxylation sites is 1. The van der Waals surface area contributed by atoms with E-state index in [-0.39, 0.29) is 5.75 Å². The van der Waals surface area contributed by atoms with Gasteiger partial charge in [0, 0.05) is 11.4 Å². The van der Waals surface area contributed by atoms with Gasteiger partial charge in [0.1, 0.15) is 0 Å². The molecule has 0 atom stereocenters. The Morgan fingerprint density at radius 3 is 2.89 bits per heavy atom. The summed E-state index contributed by atoms with van der Waals surface area (Å²) in [7, 11) is 0. The first-order chi connectivity index (χ1) is 9.18. The van der Waals surface area contributed by atoms with Crippen molar-refractivity contribution in [1.29, 1.82) is 0 Å². The van der Waals surface area contributed by atoms with Crippen LogP contribution in [0, 0.1) is 0 Å². The highest BCUT2D eigenvalue weighted by Gasteiger charge is 2.18. The van der Waals surface area contributed by atoms with E-state index < -0.39 is 5.56 Å². The minimum atomic E-state index is -0.430. The second kappa shape index (κ2) is 4.33. The highest BCUT2D eigenvalue weighted by Crippen LogP contribution is 2.24. The summed E-state index contributed by atoms with van der Waals surface area (Å²) in [6.07, 6.45) is 3.81. The molecule has 0 saturated heterocycles. The predicted molar refractivity (Wildman–Crippen MR) is 70.3 cm³/mol. The monoisotopic (exact) mass is 242 g/mol. The average Bonchev–Trinajstić information content (AvgIpc) is 2.42. The standard InChI is InChI=1S/C15H15NO2/c17-14-10-11-6-4-5-9-13(11)16(15(14)18)12-7-2-1-3-8-12/h1-3,7-8,10,17H,4-6,9H2/i7D. The molecule has 1 aromatic carbocycles. The van der Waals surface area contributed by atoms with E-state index in [1.165, 1.54) is 4.57 Å². The van der Waals surface area contributed by atoms with Crippen LogP contribution in [0.5, 0.6) is 5.75 Å². The lowest BCUT2D eigenvalue weighted by Crippen LogP contribution is -2.25. The van der Waals surface area contributed by atoms with E-state index in [2.05, 4.69) is 0 Å². The molecule has 2 aromatic rings. The van der Waals surface area contributed by atoms with Crippen molar-refractivity contribution in [3.8, 4) is 11.4 Å². The van der Waals surface area contributed by atoms with E-state index in [1.54, 1.807) is 30.3 Å². The number of pyridine rings is 1. The fraction of sp³-hybridized carbons (Fsp3) is 0.267. The van der Waals surface area contributed by atoms with Crippen LogP contribution in [0.25, 0.3) is 5.69 Å². The Hall–Kier alpha value is -2.03. The van der Waals surface area contributed by atoms with Gasteiger partial charge < -0.3 is 5.11 Å². The number of fused-ring (bicyclic) bond motifs is 1. The normalized spacial score (nSPS) is 15.0. The molecule has 3 rings (SSSR count). The fourth-order valence-corrected chi connectivity index (χ4v) is 2.57. The van der Waals surface area contributed by atoms with Gasteiger partial charge >= 0.3 is 0 Å². The number of nitrogens with zero attached hydrogens (tertiary/aromatic N) is 1. The Balaban J connectivity index is 2.34. The average molecular weight is 242 g/mol. The Bertz CT molecular complexity index is 691. The van der Waals surface area contributed by atoms with E-state index in [0.717, 1.165) is 36.9 Å². The first kappa shape index (κ1) is 9.95. The molecule has 18 heavy (non-hydrogen) atoms. The molecule has 0 amide bonds. The molecule has 3 nitrogen and oxygen atoms in total. The Morgan fingerprint density at radius 2 is 2.06 bits per heavy atom. The zero-order chi connectivity index (χ0) is 13.4. The van der Waals surface area contributed by atoms with Gasteiger partial charge in [0.05, 0.1) is 1.37 Å². The van der Waals surface area contributed by atoms with Crippen molar-refractivity contribution in [2.75, 3.05) is 0 Å². The number of hydrogen-bond acceptors (Lipinski definition) is 2. The lowest BCUT2D eigenvalue weighted by atomic mass is 9.95. The first-order valence-electron chi connectivity index (χ1n) is 6.71. The molecule has 1 aromatic heterocycles. The highest BCUT2D eigenvalue weighted by atomic mass is 16.3. The van der Waals surface area contributed by atoms with E-state index in [9.17, 15) is 9.90 Å². The van der Waals surface area contributed by atoms with Crippen LogP contribution in [0.1, 0.15) is 25.5 Å². The first-order valence-corrected chi connectivity index (χ1v) is 6.21. The van der Waals surface area contributed by atoms with Crippen LogP contribution in [-0.4, -0.2) is 9.67 Å². The predicted octanol–water partition coefficient (Wildman–Crippen LogP) is 2.42. The van der Waals surface area contributed by atoms with Crippen LogP contribution >= 0.6 is 0 Å². The summed E-state index contributed by atoms with van der Waals surface area (Å²) in [6.45, 7) is 0. The summed E-state index contributed by atoms with van der Waals surface area (Å²) in [5, 5.41) is 9.81. The minimum Gasteiger partial charge on any atom is -0.503 e. The third-order valence-electron chi connectivity index (χ3n) is 3.42. The molecule has 0 aliphatic heterocycles. The number of hydrogen-bond donors (Lipinski definition) is 1. The van der Waals surface area contributed by atoms with Gasteiger partial charge in [0.15, 0.2) is 5.75 Å². The molecular weight excluding hydrogens is 226 g/mol. The van der Waals surface area contributed by atoms with E-state index >= 15 is 0 Å². The van der Waals surface area contributed by atoms with Gasteiger partial charge in [0.25, 0.3) is 5.56 Å². The van der Waals surface area contributed by atoms with Gasteiger partial charge in [-0.2, -0.15) is 0 Å². The van der Waals surface area contributed by atoms with Gasteiger partial charge in [0.2, 0.25) is 0 Å². The third-order valence-corrected chi connectivity index (χ3v) is 3.42. The second-order valence-electron chi connectivity index (χ2n) is 4.60. The zero-order valence-corrected chi connectivity index (χ0v) is 10.0. The largest absolute Gasteiger partial charge is 0.503 e. The molecule has 1 heterocycles. The molecule has 1 N–H and O–H groups in total. The maximum Gasteiger partial charge on any atom is 0.297 e. The van der Waals surface area contributed by atoms with E-state index in [1.807, 2.05) is 0 Å². The lowest BCUT2D eigenvalue weighted by molar-refractivity contribution is 0.458. The summed E-state index contributed by atoms with van der Waals surface area (Å²) in [6, 6.07) is 8.85. The summed E-state index contributed by atoms with van der Waals surface area (Å²) in [4.78, 5) is 12.2. The summed E-state index contributed by atoms with van der Waals surface area (Å²) in [5.41, 5.74) is 2.07. The number of benzene rings is 1. The number of aromatic nitrogens is 1. The summed E-state index contributed by atoms with van der Waals surface area (Å²) >= 11 is 0. The van der Waals surface area contributed by atoms with Gasteiger partial charge in [-0.15, -0.1) is 0 Å². The van der Waals surface area contributed by atoms with E-state index in [4.69, 9.17) is 1.37 Å². The third kappa shape index (κ3) is 1.72. The van der Waals surface area contributed by atoms with Gasteiger partial charge in [-0.05, 0) is 49.4 Å². The van der Waals surface area contributed by atoms with Crippen molar-refractivity contribution in [2.45, 2.75) is 25.7 Å². The molecule has 0 saturated carbocycles. The smallest absolute Gasteiger partial charge is 0.297 e. The Labute approximate surface area is 107 Å². The Morgan fingerprint density at radius 1 is 1.22 bits per heavy atom. The van der Waals surface area contributed by atoms with Crippen molar-refractivity contribution in [3.05, 3.63) is 58.0 Å². The van der Waals surface area contributed by atoms with Crippen LogP contribution in [0.2, 0.25) is 0 Å². The lowest BCUT2D eigenvalue weighted by Gasteiger charge is -2.21. The molecule has 1 aliphatic rings. The summed E-state index contributed by atoms with van der Waals surface area (Å²) in [5.74, 6) is -0.232. The fourth-order valence-electron chi connectivity index (χ4n) is 2.57. The van der Waals surface area contributed by atoms with Gasteiger partial charge in [-0.25, -0.2) is 0 Å². The van der Waals surface area contributed by atoms with Crippen LogP contribution in [0.3, 0.4) is 0 Å². The second-order valence-corrected chi connectivity index (χ2v) is 4.60. The topological polar surface area (TPSA) is 42.2 Å². The van der Waals surface area contributed by atoms with Crippen molar-refractivity contribution >= 4 is 0 Å². The highest BCUT2D eigenvalue weighted by molar-refractivity contribution is 5.41. The molecule has 0 unspecified atom stereocenters. The molecule has 1 aliphatic carbocycles. The zero-order valence-electron chi connectivity index (χ0n) is 11.0. The van der Waals surface area contributed by atoms with Crippen molar-refractivity contribution < 1.29 is 6.48 Å². The van der Waals surface area contributed by atoms with Crippen LogP contribution < -0.4 is 5.56 Å². The summed E-state index contributed by atoms with van der Waals surface area (Å²) < 4.78 is 9.46. The number of aryl methyl sites for hydroxylation is 1. The molecule has 0 spiro atoms. The Kier molecular flexibility index (Phi) is 2.39. The maximum absolute atomic E-state index is 12.2. The number of aromatic hydroxyl groups is 1. The van der Waals surface area contributed by atoms with Gasteiger partial charge in [-0.3, -0.25) is 9.36 Å². The number of rotatable bonds is 1. The van der Waals surface area contributed by atoms with Crippen molar-refractivity contribution in [2.24, 2.45) is 0 Å². The van der Waals surface area contributed by atoms with Crippen LogP contribution in [-0.2, 0) is 12.8 Å². The quantitative estimate of drug-likeness (QED) is 0.834. The minimum absolute atomic E-state index is 0.232. The SMILES string of the molecule is [2H]c1ccccc1-n1c2c(cc(O)c1=O)CCCC2. The molecule has 3 heteroatoms. The molecule has 92 valence electrons. The van der Waals surface area contributed by atoms with Gasteiger partial charge in [-0.1, -0.05) is 18.2 Å². The van der Waals surface area contributed by atoms with Crippen LogP contribution in [0.4, 0.5) is 0 Å². The molecular formula is C15H15NO2. The molecule has 0 fully saturated rings. The van der Waals surface area contributed by atoms with Crippen molar-refractivity contribution in [3.63, 3.8) is 0 Å². The molecule has 0 radical (unpaired) electrons. The van der Waals surface area contributed by atoms with Crippen LogP contribution in [0.15, 0.2) is 41.2 Å². The maximum atomic E-state index is 12.2.